The topological polar surface area (TPSA) is 76.8 Å². The second-order valence-electron chi connectivity index (χ2n) is 3.61. The van der Waals surface area contributed by atoms with Crippen LogP contribution in [0.4, 0.5) is 0 Å². The van der Waals surface area contributed by atoms with Gasteiger partial charge in [0.1, 0.15) is 6.04 Å². The van der Waals surface area contributed by atoms with E-state index < -0.39 is 0 Å². The molecule has 0 aromatic heterocycles. The molecule has 0 saturated heterocycles. The lowest BCUT2D eigenvalue weighted by molar-refractivity contribution is -0.130. The van der Waals surface area contributed by atoms with Gasteiger partial charge in [0, 0.05) is 20.3 Å². The fourth-order valence-electron chi connectivity index (χ4n) is 1.75. The number of nitrogens with one attached hydrogen (secondary N) is 1. The van der Waals surface area contributed by atoms with Crippen LogP contribution in [0.5, 0.6) is 0 Å². The summed E-state index contributed by atoms with van der Waals surface area (Å²) in [5.74, 6) is 4.91. The van der Waals surface area contributed by atoms with Crippen LogP contribution in [0.1, 0.15) is 13.8 Å². The molecule has 0 aromatic rings. The molecule has 6 nitrogen and oxygen atoms in total. The van der Waals surface area contributed by atoms with Gasteiger partial charge in [-0.25, -0.2) is 5.84 Å². The van der Waals surface area contributed by atoms with E-state index in [0.29, 0.717) is 13.2 Å². The molecule has 2 atom stereocenters. The first-order chi connectivity index (χ1) is 7.62. The molecule has 0 aliphatic rings. The molecule has 6 heteroatoms. The van der Waals surface area contributed by atoms with E-state index in [1.54, 1.807) is 14.2 Å². The SMILES string of the molecule is CCN(C(C)COC)C(COC)C(=O)NN. The van der Waals surface area contributed by atoms with Crippen LogP contribution < -0.4 is 11.3 Å². The lowest BCUT2D eigenvalue weighted by Crippen LogP contribution is -2.55. The number of nitrogens with zero attached hydrogens (tertiary/aromatic N) is 1. The summed E-state index contributed by atoms with van der Waals surface area (Å²) in [5, 5.41) is 0. The number of methoxy groups -OCH3 is 2. The highest BCUT2D eigenvalue weighted by atomic mass is 16.5. The standard InChI is InChI=1S/C10H23N3O3/c1-5-13(8(2)6-15-3)9(7-16-4)10(14)12-11/h8-9H,5-7,11H2,1-4H3,(H,12,14). The lowest BCUT2D eigenvalue weighted by Gasteiger charge is -2.33. The Morgan fingerprint density at radius 3 is 2.31 bits per heavy atom. The molecule has 0 aliphatic carbocycles. The number of carbonyl (C=O) groups is 1. The summed E-state index contributed by atoms with van der Waals surface area (Å²) in [5.41, 5.74) is 2.16. The van der Waals surface area contributed by atoms with Gasteiger partial charge >= 0.3 is 0 Å². The molecule has 3 N–H and O–H groups in total. The molecule has 0 heterocycles. The Labute approximate surface area is 97.0 Å². The number of likely N-dealkylation sites (N-methyl/N-ethyl adjacent to an activating group) is 1. The van der Waals surface area contributed by atoms with Gasteiger partial charge in [-0.3, -0.25) is 15.1 Å². The Hall–Kier alpha value is -0.690. The van der Waals surface area contributed by atoms with Crippen molar-refractivity contribution in [1.82, 2.24) is 10.3 Å². The van der Waals surface area contributed by atoms with Crippen molar-refractivity contribution in [2.24, 2.45) is 5.84 Å². The van der Waals surface area contributed by atoms with Gasteiger partial charge in [-0.15, -0.1) is 0 Å². The Morgan fingerprint density at radius 2 is 1.94 bits per heavy atom. The quantitative estimate of drug-likeness (QED) is 0.331. The molecule has 2 unspecified atom stereocenters. The normalized spacial score (nSPS) is 14.9. The maximum Gasteiger partial charge on any atom is 0.253 e. The molecule has 0 fully saturated rings. The van der Waals surface area contributed by atoms with Crippen molar-refractivity contribution in [3.8, 4) is 0 Å². The van der Waals surface area contributed by atoms with Gasteiger partial charge in [0.05, 0.1) is 13.2 Å². The third-order valence-electron chi connectivity index (χ3n) is 2.51. The Morgan fingerprint density at radius 1 is 1.38 bits per heavy atom. The van der Waals surface area contributed by atoms with Crippen molar-refractivity contribution in [2.45, 2.75) is 25.9 Å². The summed E-state index contributed by atoms with van der Waals surface area (Å²) in [6, 6.07) is -0.252. The van der Waals surface area contributed by atoms with E-state index in [0.717, 1.165) is 6.54 Å². The van der Waals surface area contributed by atoms with Crippen LogP contribution in [0.2, 0.25) is 0 Å². The number of hydrazine groups is 1. The molecule has 16 heavy (non-hydrogen) atoms. The van der Waals surface area contributed by atoms with Crippen LogP contribution in [0.15, 0.2) is 0 Å². The zero-order valence-electron chi connectivity index (χ0n) is 10.5. The van der Waals surface area contributed by atoms with E-state index in [-0.39, 0.29) is 18.0 Å². The molecular formula is C10H23N3O3. The van der Waals surface area contributed by atoms with E-state index in [1.807, 2.05) is 18.7 Å². The summed E-state index contributed by atoms with van der Waals surface area (Å²) in [6.07, 6.45) is 0. The Kier molecular flexibility index (Phi) is 8.10. The first-order valence-corrected chi connectivity index (χ1v) is 5.36. The van der Waals surface area contributed by atoms with Gasteiger partial charge in [0.25, 0.3) is 5.91 Å². The monoisotopic (exact) mass is 233 g/mol. The third-order valence-corrected chi connectivity index (χ3v) is 2.51. The van der Waals surface area contributed by atoms with E-state index in [1.165, 1.54) is 0 Å². The molecule has 0 spiro atoms. The maximum atomic E-state index is 11.6. The van der Waals surface area contributed by atoms with Crippen molar-refractivity contribution in [3.05, 3.63) is 0 Å². The average molecular weight is 233 g/mol. The summed E-state index contributed by atoms with van der Waals surface area (Å²) >= 11 is 0. The van der Waals surface area contributed by atoms with E-state index in [4.69, 9.17) is 15.3 Å². The van der Waals surface area contributed by atoms with Crippen LogP contribution in [0.25, 0.3) is 0 Å². The van der Waals surface area contributed by atoms with Crippen LogP contribution >= 0.6 is 0 Å². The highest BCUT2D eigenvalue weighted by molar-refractivity contribution is 5.81. The predicted octanol–water partition coefficient (Wildman–Crippen LogP) is -0.652. The van der Waals surface area contributed by atoms with E-state index >= 15 is 0 Å². The van der Waals surface area contributed by atoms with Gasteiger partial charge in [0.15, 0.2) is 0 Å². The molecule has 1 amide bonds. The largest absolute Gasteiger partial charge is 0.383 e. The van der Waals surface area contributed by atoms with Gasteiger partial charge < -0.3 is 9.47 Å². The second kappa shape index (κ2) is 8.46. The number of nitrogens with two attached hydrogens (primary N) is 1. The van der Waals surface area contributed by atoms with Crippen LogP contribution in [-0.2, 0) is 14.3 Å². The molecule has 96 valence electrons. The highest BCUT2D eigenvalue weighted by Gasteiger charge is 2.27. The minimum absolute atomic E-state index is 0.132. The maximum absolute atomic E-state index is 11.6. The van der Waals surface area contributed by atoms with Crippen LogP contribution in [-0.4, -0.2) is 56.9 Å². The molecule has 0 aliphatic heterocycles. The van der Waals surface area contributed by atoms with Crippen molar-refractivity contribution in [3.63, 3.8) is 0 Å². The summed E-state index contributed by atoms with van der Waals surface area (Å²) in [7, 11) is 3.20. The zero-order valence-corrected chi connectivity index (χ0v) is 10.5. The van der Waals surface area contributed by atoms with Crippen molar-refractivity contribution in [1.29, 1.82) is 0 Å². The Bertz CT molecular complexity index is 202. The fraction of sp³-hybridized carbons (Fsp3) is 0.900. The number of hydrogen-bond donors (Lipinski definition) is 2. The Balaban J connectivity index is 4.62. The van der Waals surface area contributed by atoms with Crippen molar-refractivity contribution in [2.75, 3.05) is 34.0 Å². The van der Waals surface area contributed by atoms with E-state index in [2.05, 4.69) is 5.43 Å². The molecular weight excluding hydrogens is 210 g/mol. The first-order valence-electron chi connectivity index (χ1n) is 5.36. The number of hydrogen-bond acceptors (Lipinski definition) is 5. The highest BCUT2D eigenvalue weighted by Crippen LogP contribution is 2.07. The fourth-order valence-corrected chi connectivity index (χ4v) is 1.75. The van der Waals surface area contributed by atoms with Gasteiger partial charge in [-0.2, -0.15) is 0 Å². The molecule has 0 radical (unpaired) electrons. The number of rotatable bonds is 8. The smallest absolute Gasteiger partial charge is 0.253 e. The summed E-state index contributed by atoms with van der Waals surface area (Å²) in [6.45, 7) is 5.58. The van der Waals surface area contributed by atoms with Gasteiger partial charge in [0.2, 0.25) is 0 Å². The predicted molar refractivity (Wildman–Crippen MR) is 61.7 cm³/mol. The van der Waals surface area contributed by atoms with Crippen molar-refractivity contribution >= 4 is 5.91 Å². The lowest BCUT2D eigenvalue weighted by atomic mass is 10.2. The van der Waals surface area contributed by atoms with Crippen molar-refractivity contribution < 1.29 is 14.3 Å². The second-order valence-corrected chi connectivity index (χ2v) is 3.61. The minimum Gasteiger partial charge on any atom is -0.383 e. The average Bonchev–Trinajstić information content (AvgIpc) is 2.28. The number of amides is 1. The number of carbonyl (C=O) groups excluding carboxylic acids is 1. The zero-order chi connectivity index (χ0) is 12.6. The molecule has 0 rings (SSSR count). The van der Waals surface area contributed by atoms with Gasteiger partial charge in [-0.05, 0) is 13.5 Å². The first kappa shape index (κ1) is 15.3. The summed E-state index contributed by atoms with van der Waals surface area (Å²) in [4.78, 5) is 13.6. The molecule has 0 bridgehead atoms. The van der Waals surface area contributed by atoms with Crippen LogP contribution in [0.3, 0.4) is 0 Å². The molecule has 0 saturated carbocycles. The summed E-state index contributed by atoms with van der Waals surface area (Å²) < 4.78 is 10.1. The number of ether oxygens (including phenoxy) is 2. The van der Waals surface area contributed by atoms with E-state index in [9.17, 15) is 4.79 Å². The molecule has 0 aromatic carbocycles. The third kappa shape index (κ3) is 4.44. The van der Waals surface area contributed by atoms with Gasteiger partial charge in [-0.1, -0.05) is 6.92 Å². The van der Waals surface area contributed by atoms with Crippen LogP contribution in [0, 0.1) is 0 Å². The minimum atomic E-state index is -0.384.